The number of hydrogen-bond donors (Lipinski definition) is 0. The van der Waals surface area contributed by atoms with Crippen LogP contribution in [-0.2, 0) is 10.0 Å². The van der Waals surface area contributed by atoms with Crippen molar-refractivity contribution < 1.29 is 8.42 Å². The maximum atomic E-state index is 12.0. The third-order valence-corrected chi connectivity index (χ3v) is 5.32. The monoisotopic (exact) mass is 234 g/mol. The lowest BCUT2D eigenvalue weighted by Gasteiger charge is -2.35. The topological polar surface area (TPSA) is 40.6 Å². The molecule has 0 radical (unpaired) electrons. The first kappa shape index (κ1) is 12.9. The fourth-order valence-electron chi connectivity index (χ4n) is 1.98. The highest BCUT2D eigenvalue weighted by Gasteiger charge is 2.32. The highest BCUT2D eigenvalue weighted by atomic mass is 32.2. The molecule has 1 aliphatic rings. The first-order chi connectivity index (χ1) is 6.85. The molecule has 0 aromatic rings. The van der Waals surface area contributed by atoms with E-state index in [1.165, 1.54) is 4.31 Å². The second kappa shape index (κ2) is 4.80. The van der Waals surface area contributed by atoms with Crippen molar-refractivity contribution in [1.82, 2.24) is 9.21 Å². The largest absolute Gasteiger partial charge is 0.300 e. The van der Waals surface area contributed by atoms with Gasteiger partial charge in [-0.25, -0.2) is 12.7 Å². The van der Waals surface area contributed by atoms with E-state index in [0.29, 0.717) is 12.6 Å². The highest BCUT2D eigenvalue weighted by molar-refractivity contribution is 7.89. The summed E-state index contributed by atoms with van der Waals surface area (Å²) in [5.41, 5.74) is 0. The lowest BCUT2D eigenvalue weighted by Crippen LogP contribution is -2.48. The summed E-state index contributed by atoms with van der Waals surface area (Å²) in [6, 6.07) is 0.435. The van der Waals surface area contributed by atoms with E-state index in [2.05, 4.69) is 18.7 Å². The molecule has 90 valence electrons. The summed E-state index contributed by atoms with van der Waals surface area (Å²) < 4.78 is 25.3. The smallest absolute Gasteiger partial charge is 0.217 e. The minimum atomic E-state index is -3.07. The van der Waals surface area contributed by atoms with Crippen molar-refractivity contribution in [3.05, 3.63) is 0 Å². The minimum absolute atomic E-state index is 0.219. The molecule has 1 aliphatic heterocycles. The normalized spacial score (nSPS) is 25.1. The van der Waals surface area contributed by atoms with Gasteiger partial charge in [0.1, 0.15) is 0 Å². The van der Waals surface area contributed by atoms with Gasteiger partial charge >= 0.3 is 0 Å². The molecule has 0 aliphatic carbocycles. The molecule has 15 heavy (non-hydrogen) atoms. The van der Waals surface area contributed by atoms with Gasteiger partial charge in [0.25, 0.3) is 0 Å². The molecule has 5 heteroatoms. The standard InChI is InChI=1S/C10H22N2O2S/c1-9(2)12-7-5-6-10(8-12)15(13,14)11(3)4/h9-10H,5-8H2,1-4H3. The second-order valence-electron chi connectivity index (χ2n) is 4.68. The summed E-state index contributed by atoms with van der Waals surface area (Å²) in [5, 5.41) is -0.219. The highest BCUT2D eigenvalue weighted by Crippen LogP contribution is 2.20. The number of likely N-dealkylation sites (tertiary alicyclic amines) is 1. The van der Waals surface area contributed by atoms with Crippen LogP contribution >= 0.6 is 0 Å². The maximum Gasteiger partial charge on any atom is 0.217 e. The average Bonchev–Trinajstić information content (AvgIpc) is 2.17. The van der Waals surface area contributed by atoms with Crippen LogP contribution in [0.25, 0.3) is 0 Å². The summed E-state index contributed by atoms with van der Waals surface area (Å²) >= 11 is 0. The Kier molecular flexibility index (Phi) is 4.14. The second-order valence-corrected chi connectivity index (χ2v) is 7.11. The van der Waals surface area contributed by atoms with Gasteiger partial charge in [-0.3, -0.25) is 4.90 Å². The lowest BCUT2D eigenvalue weighted by atomic mass is 10.1. The average molecular weight is 234 g/mol. The van der Waals surface area contributed by atoms with Gasteiger partial charge < -0.3 is 0 Å². The Hall–Kier alpha value is -0.130. The van der Waals surface area contributed by atoms with E-state index in [1.807, 2.05) is 0 Å². The molecule has 0 amide bonds. The molecule has 0 aromatic heterocycles. The minimum Gasteiger partial charge on any atom is -0.300 e. The van der Waals surface area contributed by atoms with Crippen LogP contribution in [0, 0.1) is 0 Å². The Balaban J connectivity index is 2.72. The van der Waals surface area contributed by atoms with Crippen LogP contribution in [0.4, 0.5) is 0 Å². The van der Waals surface area contributed by atoms with Crippen molar-refractivity contribution in [3.63, 3.8) is 0 Å². The fourth-order valence-corrected chi connectivity index (χ4v) is 3.42. The van der Waals surface area contributed by atoms with Crippen LogP contribution in [0.1, 0.15) is 26.7 Å². The third kappa shape index (κ3) is 2.92. The van der Waals surface area contributed by atoms with E-state index < -0.39 is 10.0 Å². The first-order valence-electron chi connectivity index (χ1n) is 5.51. The van der Waals surface area contributed by atoms with Gasteiger partial charge in [0.2, 0.25) is 10.0 Å². The van der Waals surface area contributed by atoms with Crippen LogP contribution in [0.3, 0.4) is 0 Å². The fraction of sp³-hybridized carbons (Fsp3) is 1.00. The van der Waals surface area contributed by atoms with Gasteiger partial charge in [-0.15, -0.1) is 0 Å². The van der Waals surface area contributed by atoms with Crippen LogP contribution in [-0.4, -0.2) is 56.1 Å². The summed E-state index contributed by atoms with van der Waals surface area (Å²) in [7, 11) is 0.155. The number of hydrogen-bond acceptors (Lipinski definition) is 3. The van der Waals surface area contributed by atoms with Crippen LogP contribution in [0.5, 0.6) is 0 Å². The molecule has 1 atom stereocenters. The lowest BCUT2D eigenvalue weighted by molar-refractivity contribution is 0.185. The Labute approximate surface area is 93.3 Å². The molecule has 1 heterocycles. The summed E-state index contributed by atoms with van der Waals surface area (Å²) in [5.74, 6) is 0. The maximum absolute atomic E-state index is 12.0. The molecular formula is C10H22N2O2S. The third-order valence-electron chi connectivity index (χ3n) is 3.07. The Morgan fingerprint density at radius 2 is 1.93 bits per heavy atom. The molecule has 0 N–H and O–H groups in total. The summed E-state index contributed by atoms with van der Waals surface area (Å²) in [4.78, 5) is 2.25. The molecular weight excluding hydrogens is 212 g/mol. The van der Waals surface area contributed by atoms with Crippen molar-refractivity contribution in [2.75, 3.05) is 27.2 Å². The van der Waals surface area contributed by atoms with Crippen molar-refractivity contribution in [2.24, 2.45) is 0 Å². The molecule has 1 unspecified atom stereocenters. The number of rotatable bonds is 3. The van der Waals surface area contributed by atoms with Gasteiger partial charge in [-0.05, 0) is 33.2 Å². The number of nitrogens with zero attached hydrogens (tertiary/aromatic N) is 2. The Morgan fingerprint density at radius 1 is 1.33 bits per heavy atom. The zero-order valence-electron chi connectivity index (χ0n) is 10.1. The predicted molar refractivity (Wildman–Crippen MR) is 62.3 cm³/mol. The molecule has 4 nitrogen and oxygen atoms in total. The van der Waals surface area contributed by atoms with Gasteiger partial charge in [0.15, 0.2) is 0 Å². The van der Waals surface area contributed by atoms with E-state index in [0.717, 1.165) is 19.4 Å². The van der Waals surface area contributed by atoms with Crippen molar-refractivity contribution in [2.45, 2.75) is 38.0 Å². The van der Waals surface area contributed by atoms with E-state index in [-0.39, 0.29) is 5.25 Å². The van der Waals surface area contributed by atoms with E-state index >= 15 is 0 Å². The van der Waals surface area contributed by atoms with Crippen molar-refractivity contribution in [1.29, 1.82) is 0 Å². The predicted octanol–water partition coefficient (Wildman–Crippen LogP) is 0.751. The summed E-state index contributed by atoms with van der Waals surface area (Å²) in [6.45, 7) is 5.94. The number of sulfonamides is 1. The Bertz CT molecular complexity index is 299. The van der Waals surface area contributed by atoms with Gasteiger partial charge in [0.05, 0.1) is 5.25 Å². The first-order valence-corrected chi connectivity index (χ1v) is 7.01. The number of piperidine rings is 1. The van der Waals surface area contributed by atoms with Crippen LogP contribution in [0.2, 0.25) is 0 Å². The quantitative estimate of drug-likeness (QED) is 0.723. The molecule has 0 bridgehead atoms. The SMILES string of the molecule is CC(C)N1CCCC(S(=O)(=O)N(C)C)C1. The van der Waals surface area contributed by atoms with E-state index in [4.69, 9.17) is 0 Å². The molecule has 0 spiro atoms. The molecule has 1 fully saturated rings. The zero-order chi connectivity index (χ0) is 11.6. The van der Waals surface area contributed by atoms with Crippen molar-refractivity contribution >= 4 is 10.0 Å². The Morgan fingerprint density at radius 3 is 2.40 bits per heavy atom. The van der Waals surface area contributed by atoms with Gasteiger partial charge in [-0.1, -0.05) is 0 Å². The van der Waals surface area contributed by atoms with E-state index in [9.17, 15) is 8.42 Å². The van der Waals surface area contributed by atoms with Crippen molar-refractivity contribution in [3.8, 4) is 0 Å². The molecule has 1 saturated heterocycles. The molecule has 1 rings (SSSR count). The van der Waals surface area contributed by atoms with Gasteiger partial charge in [0, 0.05) is 26.7 Å². The van der Waals surface area contributed by atoms with Gasteiger partial charge in [-0.2, -0.15) is 0 Å². The van der Waals surface area contributed by atoms with Crippen LogP contribution in [0.15, 0.2) is 0 Å². The zero-order valence-corrected chi connectivity index (χ0v) is 10.9. The summed E-state index contributed by atoms with van der Waals surface area (Å²) in [6.07, 6.45) is 1.78. The van der Waals surface area contributed by atoms with Crippen LogP contribution < -0.4 is 0 Å². The molecule has 0 saturated carbocycles. The molecule has 0 aromatic carbocycles. The van der Waals surface area contributed by atoms with E-state index in [1.54, 1.807) is 14.1 Å².